The van der Waals surface area contributed by atoms with Gasteiger partial charge in [-0.25, -0.2) is 4.79 Å². The van der Waals surface area contributed by atoms with E-state index in [1.807, 2.05) is 0 Å². The summed E-state index contributed by atoms with van der Waals surface area (Å²) < 4.78 is 10.5. The Morgan fingerprint density at radius 3 is 2.50 bits per heavy atom. The van der Waals surface area contributed by atoms with E-state index in [1.54, 1.807) is 42.5 Å². The van der Waals surface area contributed by atoms with Crippen molar-refractivity contribution in [3.8, 4) is 11.5 Å². The molecular formula is C15H14O5. The van der Waals surface area contributed by atoms with Gasteiger partial charge in [-0.1, -0.05) is 30.3 Å². The number of aromatic hydroxyl groups is 1. The number of para-hydroxylation sites is 2. The summed E-state index contributed by atoms with van der Waals surface area (Å²) in [6, 6.07) is 13.1. The molecule has 0 aliphatic rings. The number of ether oxygens (including phenoxy) is 2. The lowest BCUT2D eigenvalue weighted by Gasteiger charge is -2.10. The molecule has 0 atom stereocenters. The van der Waals surface area contributed by atoms with E-state index in [4.69, 9.17) is 14.6 Å². The van der Waals surface area contributed by atoms with Crippen LogP contribution in [0.25, 0.3) is 0 Å². The first-order chi connectivity index (χ1) is 9.68. The number of aromatic carboxylic acids is 1. The molecule has 0 aliphatic heterocycles. The number of benzene rings is 2. The Labute approximate surface area is 116 Å². The highest BCUT2D eigenvalue weighted by atomic mass is 16.7. The topological polar surface area (TPSA) is 76.0 Å². The predicted octanol–water partition coefficient (Wildman–Crippen LogP) is 2.64. The van der Waals surface area contributed by atoms with E-state index in [0.29, 0.717) is 5.56 Å². The molecule has 0 bridgehead atoms. The first-order valence-electron chi connectivity index (χ1n) is 5.98. The van der Waals surface area contributed by atoms with Crippen molar-refractivity contribution >= 4 is 5.97 Å². The molecule has 2 rings (SSSR count). The summed E-state index contributed by atoms with van der Waals surface area (Å²) in [5.74, 6) is -0.656. The largest absolute Gasteiger partial charge is 0.508 e. The monoisotopic (exact) mass is 274 g/mol. The van der Waals surface area contributed by atoms with Crippen LogP contribution in [0.1, 0.15) is 15.9 Å². The zero-order valence-electron chi connectivity index (χ0n) is 10.7. The van der Waals surface area contributed by atoms with Crippen molar-refractivity contribution in [1.82, 2.24) is 0 Å². The molecule has 0 aliphatic carbocycles. The van der Waals surface area contributed by atoms with Gasteiger partial charge in [0.1, 0.15) is 17.1 Å². The van der Waals surface area contributed by atoms with E-state index in [9.17, 15) is 9.90 Å². The highest BCUT2D eigenvalue weighted by molar-refractivity contribution is 5.90. The predicted molar refractivity (Wildman–Crippen MR) is 71.8 cm³/mol. The molecule has 0 fully saturated rings. The van der Waals surface area contributed by atoms with Crippen molar-refractivity contribution in [3.63, 3.8) is 0 Å². The van der Waals surface area contributed by atoms with E-state index >= 15 is 0 Å². The second kappa shape index (κ2) is 6.58. The van der Waals surface area contributed by atoms with Gasteiger partial charge in [-0.05, 0) is 18.2 Å². The second-order valence-electron chi connectivity index (χ2n) is 4.04. The molecule has 0 saturated carbocycles. The van der Waals surface area contributed by atoms with Crippen LogP contribution in [0.5, 0.6) is 11.5 Å². The van der Waals surface area contributed by atoms with E-state index in [-0.39, 0.29) is 30.5 Å². The molecule has 5 heteroatoms. The molecule has 0 amide bonds. The minimum atomic E-state index is -1.05. The lowest BCUT2D eigenvalue weighted by atomic mass is 10.2. The maximum atomic E-state index is 11.0. The number of phenolic OH excluding ortho intramolecular Hbond substituents is 1. The fourth-order valence-electron chi connectivity index (χ4n) is 1.66. The lowest BCUT2D eigenvalue weighted by Crippen LogP contribution is -2.07. The van der Waals surface area contributed by atoms with Crippen LogP contribution in [0.15, 0.2) is 48.5 Å². The minimum Gasteiger partial charge on any atom is -0.508 e. The quantitative estimate of drug-likeness (QED) is 0.625. The molecular weight excluding hydrogens is 260 g/mol. The van der Waals surface area contributed by atoms with Gasteiger partial charge < -0.3 is 19.7 Å². The fraction of sp³-hybridized carbons (Fsp3) is 0.133. The Morgan fingerprint density at radius 1 is 1.05 bits per heavy atom. The van der Waals surface area contributed by atoms with E-state index in [2.05, 4.69) is 0 Å². The maximum Gasteiger partial charge on any atom is 0.339 e. The number of hydrogen-bond acceptors (Lipinski definition) is 4. The highest BCUT2D eigenvalue weighted by Crippen LogP contribution is 2.19. The highest BCUT2D eigenvalue weighted by Gasteiger charge is 2.09. The van der Waals surface area contributed by atoms with Crippen molar-refractivity contribution in [2.24, 2.45) is 0 Å². The average molecular weight is 274 g/mol. The molecule has 5 nitrogen and oxygen atoms in total. The SMILES string of the molecule is O=C(O)c1ccccc1OCOCc1ccccc1O. The van der Waals surface area contributed by atoms with Gasteiger partial charge in [0.25, 0.3) is 0 Å². The third kappa shape index (κ3) is 3.49. The Morgan fingerprint density at radius 2 is 1.75 bits per heavy atom. The molecule has 0 aromatic heterocycles. The third-order valence-electron chi connectivity index (χ3n) is 2.66. The molecule has 104 valence electrons. The first-order valence-corrected chi connectivity index (χ1v) is 5.98. The van der Waals surface area contributed by atoms with Crippen LogP contribution in [-0.2, 0) is 11.3 Å². The smallest absolute Gasteiger partial charge is 0.339 e. The lowest BCUT2D eigenvalue weighted by molar-refractivity contribution is 0.00368. The number of carboxylic acids is 1. The number of phenols is 1. The van der Waals surface area contributed by atoms with E-state index in [1.165, 1.54) is 6.07 Å². The summed E-state index contributed by atoms with van der Waals surface area (Å²) in [5, 5.41) is 18.5. The summed E-state index contributed by atoms with van der Waals surface area (Å²) in [7, 11) is 0. The van der Waals surface area contributed by atoms with Crippen molar-refractivity contribution < 1.29 is 24.5 Å². The molecule has 0 radical (unpaired) electrons. The van der Waals surface area contributed by atoms with Gasteiger partial charge in [0.2, 0.25) is 0 Å². The van der Waals surface area contributed by atoms with Crippen molar-refractivity contribution in [1.29, 1.82) is 0 Å². The summed E-state index contributed by atoms with van der Waals surface area (Å²) in [5.41, 5.74) is 0.723. The van der Waals surface area contributed by atoms with Crippen LogP contribution in [0.4, 0.5) is 0 Å². The Kier molecular flexibility index (Phi) is 4.57. The molecule has 2 aromatic rings. The molecule has 0 unspecified atom stereocenters. The van der Waals surface area contributed by atoms with Crippen LogP contribution in [0.3, 0.4) is 0 Å². The normalized spacial score (nSPS) is 10.2. The summed E-state index contributed by atoms with van der Waals surface area (Å²) >= 11 is 0. The standard InChI is InChI=1S/C15H14O5/c16-13-7-3-1-5-11(13)9-19-10-20-14-8-4-2-6-12(14)15(17)18/h1-8,16H,9-10H2,(H,17,18). The molecule has 2 N–H and O–H groups in total. The van der Waals surface area contributed by atoms with Crippen LogP contribution >= 0.6 is 0 Å². The Balaban J connectivity index is 1.88. The average Bonchev–Trinajstić information content (AvgIpc) is 2.45. The van der Waals surface area contributed by atoms with Gasteiger partial charge in [0.05, 0.1) is 6.61 Å². The summed E-state index contributed by atoms with van der Waals surface area (Å²) in [6.45, 7) is 0.0839. The van der Waals surface area contributed by atoms with Gasteiger partial charge in [0.15, 0.2) is 6.79 Å². The van der Waals surface area contributed by atoms with Crippen LogP contribution in [-0.4, -0.2) is 23.0 Å². The van der Waals surface area contributed by atoms with Gasteiger partial charge in [-0.15, -0.1) is 0 Å². The maximum absolute atomic E-state index is 11.0. The number of carbonyl (C=O) groups is 1. The van der Waals surface area contributed by atoms with Gasteiger partial charge in [0, 0.05) is 5.56 Å². The van der Waals surface area contributed by atoms with Gasteiger partial charge in [-0.3, -0.25) is 0 Å². The van der Waals surface area contributed by atoms with Crippen molar-refractivity contribution in [2.45, 2.75) is 6.61 Å². The number of carboxylic acid groups (broad SMARTS) is 1. The first kappa shape index (κ1) is 13.9. The van der Waals surface area contributed by atoms with Crippen molar-refractivity contribution in [3.05, 3.63) is 59.7 Å². The minimum absolute atomic E-state index is 0.0821. The molecule has 2 aromatic carbocycles. The van der Waals surface area contributed by atoms with Gasteiger partial charge in [-0.2, -0.15) is 0 Å². The molecule has 0 spiro atoms. The Bertz CT molecular complexity index is 594. The van der Waals surface area contributed by atoms with Crippen LogP contribution < -0.4 is 4.74 Å². The van der Waals surface area contributed by atoms with E-state index in [0.717, 1.165) is 0 Å². The summed E-state index contributed by atoms with van der Waals surface area (Å²) in [4.78, 5) is 11.0. The van der Waals surface area contributed by atoms with E-state index < -0.39 is 5.97 Å². The number of rotatable bonds is 6. The third-order valence-corrected chi connectivity index (χ3v) is 2.66. The second-order valence-corrected chi connectivity index (χ2v) is 4.04. The number of hydrogen-bond donors (Lipinski definition) is 2. The molecule has 20 heavy (non-hydrogen) atoms. The Hall–Kier alpha value is -2.53. The van der Waals surface area contributed by atoms with Gasteiger partial charge >= 0.3 is 5.97 Å². The van der Waals surface area contributed by atoms with Crippen LogP contribution in [0, 0.1) is 0 Å². The van der Waals surface area contributed by atoms with Crippen molar-refractivity contribution in [2.75, 3.05) is 6.79 Å². The summed E-state index contributed by atoms with van der Waals surface area (Å²) in [6.07, 6.45) is 0. The molecule has 0 saturated heterocycles. The van der Waals surface area contributed by atoms with Crippen LogP contribution in [0.2, 0.25) is 0 Å². The fourth-order valence-corrected chi connectivity index (χ4v) is 1.66. The zero-order chi connectivity index (χ0) is 14.4. The zero-order valence-corrected chi connectivity index (χ0v) is 10.7. The molecule has 0 heterocycles.